The fourth-order valence-corrected chi connectivity index (χ4v) is 1.32. The predicted molar refractivity (Wildman–Crippen MR) is 59.9 cm³/mol. The second kappa shape index (κ2) is 5.84. The molecule has 0 fully saturated rings. The third-order valence-corrected chi connectivity index (χ3v) is 1.98. The van der Waals surface area contributed by atoms with Gasteiger partial charge in [0.25, 0.3) is 0 Å². The molecule has 94 valence electrons. The van der Waals surface area contributed by atoms with E-state index < -0.39 is 29.5 Å². The molecule has 0 spiro atoms. The number of rotatable bonds is 5. The number of hydrogen-bond donors (Lipinski definition) is 2. The van der Waals surface area contributed by atoms with E-state index in [0.29, 0.717) is 6.42 Å². The van der Waals surface area contributed by atoms with E-state index in [4.69, 9.17) is 15.6 Å². The van der Waals surface area contributed by atoms with Crippen molar-refractivity contribution in [1.29, 1.82) is 0 Å². The lowest BCUT2D eigenvalue weighted by molar-refractivity contribution is -0.167. The molecule has 16 heavy (non-hydrogen) atoms. The van der Waals surface area contributed by atoms with Gasteiger partial charge in [-0.3, -0.25) is 9.59 Å². The van der Waals surface area contributed by atoms with E-state index >= 15 is 0 Å². The van der Waals surface area contributed by atoms with Gasteiger partial charge in [0.05, 0.1) is 0 Å². The maximum atomic E-state index is 11.6. The maximum absolute atomic E-state index is 11.6. The van der Waals surface area contributed by atoms with Crippen LogP contribution in [0.4, 0.5) is 0 Å². The highest BCUT2D eigenvalue weighted by molar-refractivity contribution is 5.94. The Morgan fingerprint density at radius 3 is 2.19 bits per heavy atom. The monoisotopic (exact) mass is 231 g/mol. The number of ether oxygens (including phenoxy) is 1. The second-order valence-corrected chi connectivity index (χ2v) is 4.80. The lowest BCUT2D eigenvalue weighted by atomic mass is 9.96. The number of carboxylic acids is 1. The zero-order chi connectivity index (χ0) is 12.9. The van der Waals surface area contributed by atoms with Gasteiger partial charge in [0, 0.05) is 6.04 Å². The summed E-state index contributed by atoms with van der Waals surface area (Å²) in [6.07, 6.45) is 1.21. The predicted octanol–water partition coefficient (Wildman–Crippen LogP) is 1.16. The van der Waals surface area contributed by atoms with Gasteiger partial charge in [-0.1, -0.05) is 13.3 Å². The summed E-state index contributed by atoms with van der Waals surface area (Å²) in [5.41, 5.74) is 4.97. The molecule has 1 unspecified atom stereocenters. The van der Waals surface area contributed by atoms with Gasteiger partial charge in [-0.25, -0.2) is 0 Å². The number of aliphatic carboxylic acids is 1. The Labute approximate surface area is 96.0 Å². The van der Waals surface area contributed by atoms with E-state index in [9.17, 15) is 9.59 Å². The van der Waals surface area contributed by atoms with Gasteiger partial charge in [0.15, 0.2) is 5.92 Å². The van der Waals surface area contributed by atoms with Crippen molar-refractivity contribution in [3.8, 4) is 0 Å². The van der Waals surface area contributed by atoms with E-state index in [2.05, 4.69) is 0 Å². The average Bonchev–Trinajstić information content (AvgIpc) is 1.99. The molecule has 0 aromatic carbocycles. The smallest absolute Gasteiger partial charge is 0.322 e. The molecule has 0 aliphatic carbocycles. The summed E-state index contributed by atoms with van der Waals surface area (Å²) >= 11 is 0. The molecule has 0 heterocycles. The highest BCUT2D eigenvalue weighted by Gasteiger charge is 2.35. The molecule has 0 aromatic heterocycles. The fraction of sp³-hybridized carbons (Fsp3) is 0.818. The minimum absolute atomic E-state index is 0.482. The van der Waals surface area contributed by atoms with Gasteiger partial charge in [0.1, 0.15) is 5.60 Å². The summed E-state index contributed by atoms with van der Waals surface area (Å²) in [6, 6.07) is -0.697. The number of hydrogen-bond acceptors (Lipinski definition) is 4. The third-order valence-electron chi connectivity index (χ3n) is 1.98. The minimum Gasteiger partial charge on any atom is -0.481 e. The molecule has 3 N–H and O–H groups in total. The number of esters is 1. The molecule has 0 amide bonds. The molecule has 5 heteroatoms. The van der Waals surface area contributed by atoms with Crippen molar-refractivity contribution in [3.63, 3.8) is 0 Å². The van der Waals surface area contributed by atoms with E-state index in [1.807, 2.05) is 6.92 Å². The largest absolute Gasteiger partial charge is 0.481 e. The lowest BCUT2D eigenvalue weighted by Gasteiger charge is -2.24. The molecule has 0 rings (SSSR count). The number of nitrogens with two attached hydrogens (primary N) is 1. The van der Waals surface area contributed by atoms with Crippen LogP contribution in [-0.2, 0) is 14.3 Å². The highest BCUT2D eigenvalue weighted by atomic mass is 16.6. The van der Waals surface area contributed by atoms with Gasteiger partial charge in [-0.15, -0.1) is 0 Å². The Kier molecular flexibility index (Phi) is 5.44. The van der Waals surface area contributed by atoms with Crippen LogP contribution in [0, 0.1) is 5.92 Å². The number of carbonyl (C=O) groups is 2. The van der Waals surface area contributed by atoms with Gasteiger partial charge < -0.3 is 15.6 Å². The van der Waals surface area contributed by atoms with Crippen molar-refractivity contribution >= 4 is 11.9 Å². The molecule has 0 bridgehead atoms. The summed E-state index contributed by atoms with van der Waals surface area (Å²) in [5, 5.41) is 8.96. The summed E-state index contributed by atoms with van der Waals surface area (Å²) in [5.74, 6) is -3.27. The molecule has 0 radical (unpaired) electrons. The zero-order valence-electron chi connectivity index (χ0n) is 10.3. The van der Waals surface area contributed by atoms with Crippen LogP contribution in [0.5, 0.6) is 0 Å². The van der Waals surface area contributed by atoms with E-state index in [0.717, 1.165) is 6.42 Å². The van der Waals surface area contributed by atoms with Crippen molar-refractivity contribution in [2.45, 2.75) is 52.2 Å². The summed E-state index contributed by atoms with van der Waals surface area (Å²) in [4.78, 5) is 22.6. The average molecular weight is 231 g/mol. The van der Waals surface area contributed by atoms with E-state index in [-0.39, 0.29) is 0 Å². The van der Waals surface area contributed by atoms with Crippen molar-refractivity contribution in [3.05, 3.63) is 0 Å². The Morgan fingerprint density at radius 2 is 1.88 bits per heavy atom. The first-order valence-electron chi connectivity index (χ1n) is 5.40. The minimum atomic E-state index is -1.28. The van der Waals surface area contributed by atoms with Crippen molar-refractivity contribution in [1.82, 2.24) is 0 Å². The lowest BCUT2D eigenvalue weighted by Crippen LogP contribution is -2.43. The first-order chi connectivity index (χ1) is 7.19. The van der Waals surface area contributed by atoms with Crippen LogP contribution >= 0.6 is 0 Å². The van der Waals surface area contributed by atoms with Crippen molar-refractivity contribution in [2.75, 3.05) is 0 Å². The SMILES string of the molecule is CCC[C@H](N)C(C(=O)O)C(=O)OC(C)(C)C. The van der Waals surface area contributed by atoms with Crippen LogP contribution < -0.4 is 5.73 Å². The number of carboxylic acid groups (broad SMARTS) is 1. The second-order valence-electron chi connectivity index (χ2n) is 4.80. The topological polar surface area (TPSA) is 89.6 Å². The molecule has 0 aromatic rings. The maximum Gasteiger partial charge on any atom is 0.322 e. The van der Waals surface area contributed by atoms with E-state index in [1.54, 1.807) is 20.8 Å². The van der Waals surface area contributed by atoms with Crippen LogP contribution in [0.15, 0.2) is 0 Å². The van der Waals surface area contributed by atoms with Crippen LogP contribution in [0.3, 0.4) is 0 Å². The molecule has 2 atom stereocenters. The molecule has 0 aliphatic heterocycles. The molecule has 0 saturated heterocycles. The van der Waals surface area contributed by atoms with Gasteiger partial charge in [0.2, 0.25) is 0 Å². The molecular formula is C11H21NO4. The standard InChI is InChI=1S/C11H21NO4/c1-5-6-7(12)8(9(13)14)10(15)16-11(2,3)4/h7-8H,5-6,12H2,1-4H3,(H,13,14)/t7-,8?/m0/s1. The fourth-order valence-electron chi connectivity index (χ4n) is 1.32. The van der Waals surface area contributed by atoms with Gasteiger partial charge in [-0.05, 0) is 27.2 Å². The van der Waals surface area contributed by atoms with Crippen LogP contribution in [0.25, 0.3) is 0 Å². The van der Waals surface area contributed by atoms with Gasteiger partial charge >= 0.3 is 11.9 Å². The first-order valence-corrected chi connectivity index (χ1v) is 5.40. The Bertz CT molecular complexity index is 257. The molecule has 5 nitrogen and oxygen atoms in total. The highest BCUT2D eigenvalue weighted by Crippen LogP contribution is 2.15. The molecule has 0 aliphatic rings. The Balaban J connectivity index is 4.66. The van der Waals surface area contributed by atoms with E-state index in [1.165, 1.54) is 0 Å². The Morgan fingerprint density at radius 1 is 1.38 bits per heavy atom. The summed E-state index contributed by atoms with van der Waals surface area (Å²) < 4.78 is 5.03. The zero-order valence-corrected chi connectivity index (χ0v) is 10.3. The van der Waals surface area contributed by atoms with Crippen LogP contribution in [-0.4, -0.2) is 28.7 Å². The van der Waals surface area contributed by atoms with Crippen molar-refractivity contribution in [2.24, 2.45) is 11.7 Å². The normalized spacial score (nSPS) is 15.3. The number of carbonyl (C=O) groups excluding carboxylic acids is 1. The summed E-state index contributed by atoms with van der Waals surface area (Å²) in [7, 11) is 0. The van der Waals surface area contributed by atoms with Crippen molar-refractivity contribution < 1.29 is 19.4 Å². The summed E-state index contributed by atoms with van der Waals surface area (Å²) in [6.45, 7) is 6.95. The molecule has 0 saturated carbocycles. The van der Waals surface area contributed by atoms with Gasteiger partial charge in [-0.2, -0.15) is 0 Å². The van der Waals surface area contributed by atoms with Crippen LogP contribution in [0.1, 0.15) is 40.5 Å². The van der Waals surface area contributed by atoms with Crippen LogP contribution in [0.2, 0.25) is 0 Å². The Hall–Kier alpha value is -1.10. The quantitative estimate of drug-likeness (QED) is 0.547. The third kappa shape index (κ3) is 5.11. The molecular weight excluding hydrogens is 210 g/mol. The first kappa shape index (κ1) is 14.9.